The van der Waals surface area contributed by atoms with Crippen molar-refractivity contribution in [3.8, 4) is 0 Å². The average molecular weight is 303 g/mol. The van der Waals surface area contributed by atoms with Gasteiger partial charge in [-0.15, -0.1) is 17.0 Å². The Kier molecular flexibility index (Phi) is 10.6. The maximum Gasteiger partial charge on any atom is 0.0948 e. The zero-order valence-corrected chi connectivity index (χ0v) is 13.0. The van der Waals surface area contributed by atoms with Crippen LogP contribution in [0.4, 0.5) is 0 Å². The van der Waals surface area contributed by atoms with Crippen LogP contribution in [0.2, 0.25) is 0 Å². The van der Waals surface area contributed by atoms with Crippen molar-refractivity contribution in [2.45, 2.75) is 71.3 Å². The van der Waals surface area contributed by atoms with Crippen LogP contribution < -0.4 is 0 Å². The zero-order valence-electron chi connectivity index (χ0n) is 11.3. The van der Waals surface area contributed by atoms with E-state index in [0.717, 1.165) is 0 Å². The number of hydrogen-bond acceptors (Lipinski definition) is 1. The molecule has 0 radical (unpaired) electrons. The van der Waals surface area contributed by atoms with Gasteiger partial charge in [0.25, 0.3) is 0 Å². The smallest absolute Gasteiger partial charge is 0.0948 e. The van der Waals surface area contributed by atoms with Crippen LogP contribution in [0.15, 0.2) is 18.7 Å². The molecule has 1 heterocycles. The molecule has 1 unspecified atom stereocenters. The molecule has 2 nitrogen and oxygen atoms in total. The number of unbranched alkanes of at least 4 members (excludes halogenated alkanes) is 6. The first kappa shape index (κ1) is 16.7. The summed E-state index contributed by atoms with van der Waals surface area (Å²) in [6.45, 7) is 4.55. The number of aromatic nitrogens is 2. The van der Waals surface area contributed by atoms with Crippen LogP contribution in [-0.4, -0.2) is 9.55 Å². The summed E-state index contributed by atoms with van der Waals surface area (Å²) in [5.41, 5.74) is 0. The van der Waals surface area contributed by atoms with Crippen LogP contribution in [-0.2, 0) is 0 Å². The van der Waals surface area contributed by atoms with Gasteiger partial charge in [-0.25, -0.2) is 4.98 Å². The third-order valence-electron chi connectivity index (χ3n) is 3.26. The normalized spacial score (nSPS) is 12.1. The highest BCUT2D eigenvalue weighted by molar-refractivity contribution is 8.93. The van der Waals surface area contributed by atoms with Crippen molar-refractivity contribution < 1.29 is 0 Å². The van der Waals surface area contributed by atoms with Crippen LogP contribution in [0, 0.1) is 0 Å². The minimum Gasteiger partial charge on any atom is -0.335 e. The summed E-state index contributed by atoms with van der Waals surface area (Å²) in [6, 6.07) is 0.609. The van der Waals surface area contributed by atoms with Crippen LogP contribution in [0.25, 0.3) is 0 Å². The number of hydrogen-bond donors (Lipinski definition) is 0. The summed E-state index contributed by atoms with van der Waals surface area (Å²) < 4.78 is 2.21. The maximum atomic E-state index is 4.08. The summed E-state index contributed by atoms with van der Waals surface area (Å²) in [7, 11) is 0. The molecule has 100 valence electrons. The minimum atomic E-state index is 0. The molecule has 1 atom stereocenters. The molecule has 0 aliphatic rings. The van der Waals surface area contributed by atoms with E-state index in [1.54, 1.807) is 0 Å². The van der Waals surface area contributed by atoms with Gasteiger partial charge in [-0.05, 0) is 13.3 Å². The van der Waals surface area contributed by atoms with Crippen molar-refractivity contribution in [1.82, 2.24) is 9.55 Å². The topological polar surface area (TPSA) is 17.8 Å². The van der Waals surface area contributed by atoms with Gasteiger partial charge in [0.05, 0.1) is 6.33 Å². The standard InChI is InChI=1S/C14H26N2.BrH/c1-3-4-5-6-7-8-9-10-14(2)16-12-11-15-13-16;/h11-14H,3-10H2,1-2H3;1H. The molecule has 0 aliphatic heterocycles. The molecule has 1 rings (SSSR count). The lowest BCUT2D eigenvalue weighted by Crippen LogP contribution is -2.01. The lowest BCUT2D eigenvalue weighted by molar-refractivity contribution is 0.466. The van der Waals surface area contributed by atoms with E-state index in [1.165, 1.54) is 51.4 Å². The van der Waals surface area contributed by atoms with E-state index >= 15 is 0 Å². The highest BCUT2D eigenvalue weighted by Crippen LogP contribution is 2.15. The monoisotopic (exact) mass is 302 g/mol. The molecule has 17 heavy (non-hydrogen) atoms. The number of rotatable bonds is 9. The Morgan fingerprint density at radius 2 is 1.71 bits per heavy atom. The fourth-order valence-corrected chi connectivity index (χ4v) is 2.08. The van der Waals surface area contributed by atoms with Crippen molar-refractivity contribution in [3.63, 3.8) is 0 Å². The predicted molar refractivity (Wildman–Crippen MR) is 79.9 cm³/mol. The number of halogens is 1. The molecule has 0 fully saturated rings. The molecule has 1 aromatic rings. The van der Waals surface area contributed by atoms with Crippen molar-refractivity contribution in [2.24, 2.45) is 0 Å². The van der Waals surface area contributed by atoms with Gasteiger partial charge in [0, 0.05) is 18.4 Å². The fourth-order valence-electron chi connectivity index (χ4n) is 2.08. The van der Waals surface area contributed by atoms with Gasteiger partial charge >= 0.3 is 0 Å². The molecule has 3 heteroatoms. The van der Waals surface area contributed by atoms with E-state index in [4.69, 9.17) is 0 Å². The lowest BCUT2D eigenvalue weighted by atomic mass is 10.1. The summed E-state index contributed by atoms with van der Waals surface area (Å²) in [5, 5.41) is 0. The summed E-state index contributed by atoms with van der Waals surface area (Å²) in [4.78, 5) is 4.08. The fraction of sp³-hybridized carbons (Fsp3) is 0.786. The van der Waals surface area contributed by atoms with Crippen LogP contribution >= 0.6 is 17.0 Å². The molecule has 0 spiro atoms. The summed E-state index contributed by atoms with van der Waals surface area (Å²) >= 11 is 0. The van der Waals surface area contributed by atoms with E-state index in [1.807, 2.05) is 12.5 Å². The molecule has 0 bridgehead atoms. The maximum absolute atomic E-state index is 4.08. The van der Waals surface area contributed by atoms with E-state index in [9.17, 15) is 0 Å². The molecular formula is C14H27BrN2. The molecule has 0 saturated heterocycles. The van der Waals surface area contributed by atoms with Gasteiger partial charge in [-0.3, -0.25) is 0 Å². The molecule has 0 amide bonds. The van der Waals surface area contributed by atoms with Crippen LogP contribution in [0.3, 0.4) is 0 Å². The van der Waals surface area contributed by atoms with E-state index in [2.05, 4.69) is 29.6 Å². The average Bonchev–Trinajstić information content (AvgIpc) is 2.81. The zero-order chi connectivity index (χ0) is 11.6. The quantitative estimate of drug-likeness (QED) is 0.576. The Morgan fingerprint density at radius 1 is 1.06 bits per heavy atom. The second-order valence-corrected chi connectivity index (χ2v) is 4.77. The van der Waals surface area contributed by atoms with Crippen molar-refractivity contribution in [2.75, 3.05) is 0 Å². The Bertz CT molecular complexity index is 247. The van der Waals surface area contributed by atoms with Gasteiger partial charge in [-0.2, -0.15) is 0 Å². The van der Waals surface area contributed by atoms with Crippen molar-refractivity contribution in [1.29, 1.82) is 0 Å². The summed E-state index contributed by atoms with van der Waals surface area (Å²) in [6.07, 6.45) is 16.9. The molecule has 0 aliphatic carbocycles. The SMILES string of the molecule is Br.CCCCCCCCCC(C)n1ccnc1. The highest BCUT2D eigenvalue weighted by Gasteiger charge is 2.02. The van der Waals surface area contributed by atoms with Gasteiger partial charge in [0.15, 0.2) is 0 Å². The van der Waals surface area contributed by atoms with Gasteiger partial charge in [-0.1, -0.05) is 51.9 Å². The first-order chi connectivity index (χ1) is 7.84. The number of imidazole rings is 1. The Balaban J connectivity index is 0.00000256. The van der Waals surface area contributed by atoms with Gasteiger partial charge < -0.3 is 4.57 Å². The molecular weight excluding hydrogens is 276 g/mol. The van der Waals surface area contributed by atoms with Crippen molar-refractivity contribution >= 4 is 17.0 Å². The Hall–Kier alpha value is -0.310. The Labute approximate surface area is 117 Å². The molecule has 0 N–H and O–H groups in total. The second kappa shape index (κ2) is 10.8. The number of nitrogens with zero attached hydrogens (tertiary/aromatic N) is 2. The molecule has 0 saturated carbocycles. The van der Waals surface area contributed by atoms with E-state index in [0.29, 0.717) is 6.04 Å². The van der Waals surface area contributed by atoms with Crippen molar-refractivity contribution in [3.05, 3.63) is 18.7 Å². The molecule has 1 aromatic heterocycles. The first-order valence-electron chi connectivity index (χ1n) is 6.82. The van der Waals surface area contributed by atoms with E-state index < -0.39 is 0 Å². The van der Waals surface area contributed by atoms with Gasteiger partial charge in [0.1, 0.15) is 0 Å². The first-order valence-corrected chi connectivity index (χ1v) is 6.82. The Morgan fingerprint density at radius 3 is 2.29 bits per heavy atom. The third kappa shape index (κ3) is 7.58. The minimum absolute atomic E-state index is 0. The van der Waals surface area contributed by atoms with Gasteiger partial charge in [0.2, 0.25) is 0 Å². The second-order valence-electron chi connectivity index (χ2n) is 4.77. The lowest BCUT2D eigenvalue weighted by Gasteiger charge is -2.12. The summed E-state index contributed by atoms with van der Waals surface area (Å²) in [5.74, 6) is 0. The largest absolute Gasteiger partial charge is 0.335 e. The van der Waals surface area contributed by atoms with E-state index in [-0.39, 0.29) is 17.0 Å². The third-order valence-corrected chi connectivity index (χ3v) is 3.26. The van der Waals surface area contributed by atoms with Crippen LogP contribution in [0.5, 0.6) is 0 Å². The molecule has 0 aromatic carbocycles. The van der Waals surface area contributed by atoms with Crippen LogP contribution in [0.1, 0.15) is 71.3 Å². The predicted octanol–water partition coefficient (Wildman–Crippen LogP) is 5.16. The highest BCUT2D eigenvalue weighted by atomic mass is 79.9.